The van der Waals surface area contributed by atoms with Crippen molar-refractivity contribution in [3.63, 3.8) is 0 Å². The number of carbonyl (C=O) groups excluding carboxylic acids is 1. The number of ether oxygens (including phenoxy) is 1. The number of likely N-dealkylation sites (N-methyl/N-ethyl adjacent to an activating group) is 1. The normalized spacial score (nSPS) is 14.2. The van der Waals surface area contributed by atoms with Crippen molar-refractivity contribution in [2.24, 2.45) is 5.92 Å². The van der Waals surface area contributed by atoms with E-state index in [2.05, 4.69) is 18.7 Å². The van der Waals surface area contributed by atoms with Crippen LogP contribution in [0.2, 0.25) is 0 Å². The second-order valence-electron chi connectivity index (χ2n) is 5.22. The lowest BCUT2D eigenvalue weighted by atomic mass is 10.0. The third-order valence-electron chi connectivity index (χ3n) is 3.71. The molecule has 19 heavy (non-hydrogen) atoms. The molecular formula is C16H25NO2. The molecule has 0 spiro atoms. The number of nitrogens with zero attached hydrogens (tertiary/aromatic N) is 1. The molecule has 2 unspecified atom stereocenters. The number of methoxy groups -OCH3 is 1. The minimum atomic E-state index is -0.0950. The Morgan fingerprint density at radius 2 is 1.84 bits per heavy atom. The summed E-state index contributed by atoms with van der Waals surface area (Å²) in [5.41, 5.74) is 0.740. The van der Waals surface area contributed by atoms with Crippen LogP contribution in [-0.4, -0.2) is 37.4 Å². The minimum Gasteiger partial charge on any atom is -0.497 e. The van der Waals surface area contributed by atoms with Gasteiger partial charge in [0.25, 0.3) is 0 Å². The van der Waals surface area contributed by atoms with Crippen LogP contribution in [0.15, 0.2) is 24.3 Å². The molecule has 1 aromatic carbocycles. The van der Waals surface area contributed by atoms with Crippen LogP contribution >= 0.6 is 0 Å². The molecule has 0 saturated carbocycles. The Balaban J connectivity index is 2.69. The number of benzene rings is 1. The standard InChI is InChI=1S/C16H25NO2/c1-6-12(2)11-17(4)13(3)16(18)14-7-9-15(19-5)10-8-14/h7-10,12-13H,6,11H2,1-5H3. The van der Waals surface area contributed by atoms with E-state index in [0.717, 1.165) is 24.3 Å². The van der Waals surface area contributed by atoms with Gasteiger partial charge in [0.15, 0.2) is 5.78 Å². The smallest absolute Gasteiger partial charge is 0.179 e. The van der Waals surface area contributed by atoms with E-state index in [1.165, 1.54) is 0 Å². The summed E-state index contributed by atoms with van der Waals surface area (Å²) in [6.45, 7) is 7.30. The molecule has 0 aromatic heterocycles. The summed E-state index contributed by atoms with van der Waals surface area (Å²) < 4.78 is 5.10. The van der Waals surface area contributed by atoms with Crippen molar-refractivity contribution in [2.45, 2.75) is 33.2 Å². The molecule has 0 saturated heterocycles. The molecule has 106 valence electrons. The van der Waals surface area contributed by atoms with Gasteiger partial charge in [-0.3, -0.25) is 9.69 Å². The van der Waals surface area contributed by atoms with E-state index in [-0.39, 0.29) is 11.8 Å². The molecule has 3 nitrogen and oxygen atoms in total. The molecule has 0 aliphatic rings. The summed E-state index contributed by atoms with van der Waals surface area (Å²) in [4.78, 5) is 14.5. The van der Waals surface area contributed by atoms with Crippen molar-refractivity contribution in [1.82, 2.24) is 4.90 Å². The lowest BCUT2D eigenvalue weighted by molar-refractivity contribution is 0.0854. The Morgan fingerprint density at radius 1 is 1.26 bits per heavy atom. The average molecular weight is 263 g/mol. The fourth-order valence-electron chi connectivity index (χ4n) is 1.98. The van der Waals surface area contributed by atoms with Gasteiger partial charge in [-0.25, -0.2) is 0 Å². The SMILES string of the molecule is CCC(C)CN(C)C(C)C(=O)c1ccc(OC)cc1. The number of hydrogen-bond donors (Lipinski definition) is 0. The van der Waals surface area contributed by atoms with Crippen LogP contribution in [0.3, 0.4) is 0 Å². The molecule has 0 radical (unpaired) electrons. The van der Waals surface area contributed by atoms with Gasteiger partial charge in [-0.15, -0.1) is 0 Å². The summed E-state index contributed by atoms with van der Waals surface area (Å²) in [6.07, 6.45) is 1.13. The zero-order valence-electron chi connectivity index (χ0n) is 12.6. The minimum absolute atomic E-state index is 0.0950. The molecule has 3 heteroatoms. The number of Topliss-reactive ketones (excluding diaryl/α,β-unsaturated/α-hetero) is 1. The van der Waals surface area contributed by atoms with Crippen LogP contribution in [0.5, 0.6) is 5.75 Å². The van der Waals surface area contributed by atoms with Crippen LogP contribution in [0, 0.1) is 5.92 Å². The van der Waals surface area contributed by atoms with E-state index in [1.54, 1.807) is 7.11 Å². The van der Waals surface area contributed by atoms with E-state index in [9.17, 15) is 4.79 Å². The van der Waals surface area contributed by atoms with Crippen LogP contribution in [0.1, 0.15) is 37.6 Å². The molecule has 1 aromatic rings. The molecule has 2 atom stereocenters. The van der Waals surface area contributed by atoms with Gasteiger partial charge in [-0.05, 0) is 44.2 Å². The Kier molecular flexibility index (Phi) is 6.03. The summed E-state index contributed by atoms with van der Waals surface area (Å²) >= 11 is 0. The number of rotatable bonds is 7. The predicted molar refractivity (Wildman–Crippen MR) is 78.9 cm³/mol. The average Bonchev–Trinajstić information content (AvgIpc) is 2.45. The fourth-order valence-corrected chi connectivity index (χ4v) is 1.98. The van der Waals surface area contributed by atoms with Gasteiger partial charge in [0.1, 0.15) is 5.75 Å². The third-order valence-corrected chi connectivity index (χ3v) is 3.71. The van der Waals surface area contributed by atoms with Gasteiger partial charge in [0.05, 0.1) is 13.2 Å². The summed E-state index contributed by atoms with van der Waals surface area (Å²) in [6, 6.07) is 7.22. The van der Waals surface area contributed by atoms with Crippen molar-refractivity contribution in [3.8, 4) is 5.75 Å². The molecule has 1 rings (SSSR count). The maximum atomic E-state index is 12.4. The monoisotopic (exact) mass is 263 g/mol. The van der Waals surface area contributed by atoms with Crippen molar-refractivity contribution in [2.75, 3.05) is 20.7 Å². The number of hydrogen-bond acceptors (Lipinski definition) is 3. The Morgan fingerprint density at radius 3 is 2.32 bits per heavy atom. The predicted octanol–water partition coefficient (Wildman–Crippen LogP) is 3.24. The first kappa shape index (κ1) is 15.7. The Bertz CT molecular complexity index is 400. The third kappa shape index (κ3) is 4.35. The van der Waals surface area contributed by atoms with E-state index in [1.807, 2.05) is 38.2 Å². The van der Waals surface area contributed by atoms with Crippen LogP contribution in [0.25, 0.3) is 0 Å². The Labute approximate surface area is 116 Å². The van der Waals surface area contributed by atoms with E-state index in [0.29, 0.717) is 5.92 Å². The molecule has 0 heterocycles. The van der Waals surface area contributed by atoms with Gasteiger partial charge < -0.3 is 4.74 Å². The lowest BCUT2D eigenvalue weighted by Crippen LogP contribution is -2.38. The van der Waals surface area contributed by atoms with Crippen LogP contribution < -0.4 is 4.74 Å². The second-order valence-corrected chi connectivity index (χ2v) is 5.22. The number of ketones is 1. The quantitative estimate of drug-likeness (QED) is 0.707. The zero-order valence-corrected chi connectivity index (χ0v) is 12.6. The highest BCUT2D eigenvalue weighted by Gasteiger charge is 2.20. The maximum absolute atomic E-state index is 12.4. The van der Waals surface area contributed by atoms with Gasteiger partial charge in [-0.2, -0.15) is 0 Å². The van der Waals surface area contributed by atoms with E-state index in [4.69, 9.17) is 4.74 Å². The topological polar surface area (TPSA) is 29.5 Å². The second kappa shape index (κ2) is 7.29. The molecule has 0 bridgehead atoms. The molecule has 0 aliphatic heterocycles. The highest BCUT2D eigenvalue weighted by atomic mass is 16.5. The summed E-state index contributed by atoms with van der Waals surface area (Å²) in [5, 5.41) is 0. The first-order valence-electron chi connectivity index (χ1n) is 6.88. The summed E-state index contributed by atoms with van der Waals surface area (Å²) in [5.74, 6) is 1.54. The molecule has 0 N–H and O–H groups in total. The van der Waals surface area contributed by atoms with Gasteiger partial charge in [0.2, 0.25) is 0 Å². The van der Waals surface area contributed by atoms with Gasteiger partial charge in [-0.1, -0.05) is 20.3 Å². The van der Waals surface area contributed by atoms with Crippen LogP contribution in [-0.2, 0) is 0 Å². The number of carbonyl (C=O) groups is 1. The first-order chi connectivity index (χ1) is 8.99. The largest absolute Gasteiger partial charge is 0.497 e. The molecular weight excluding hydrogens is 238 g/mol. The van der Waals surface area contributed by atoms with Crippen molar-refractivity contribution in [3.05, 3.63) is 29.8 Å². The van der Waals surface area contributed by atoms with Crippen LogP contribution in [0.4, 0.5) is 0 Å². The molecule has 0 fully saturated rings. The Hall–Kier alpha value is -1.35. The maximum Gasteiger partial charge on any atom is 0.179 e. The lowest BCUT2D eigenvalue weighted by Gasteiger charge is -2.26. The van der Waals surface area contributed by atoms with E-state index < -0.39 is 0 Å². The zero-order chi connectivity index (χ0) is 14.4. The van der Waals surface area contributed by atoms with Crippen molar-refractivity contribution < 1.29 is 9.53 Å². The molecule has 0 aliphatic carbocycles. The van der Waals surface area contributed by atoms with Crippen molar-refractivity contribution >= 4 is 5.78 Å². The highest BCUT2D eigenvalue weighted by Crippen LogP contribution is 2.15. The highest BCUT2D eigenvalue weighted by molar-refractivity contribution is 5.99. The summed E-state index contributed by atoms with van der Waals surface area (Å²) in [7, 11) is 3.64. The van der Waals surface area contributed by atoms with E-state index >= 15 is 0 Å². The van der Waals surface area contributed by atoms with Gasteiger partial charge in [0, 0.05) is 12.1 Å². The molecule has 0 amide bonds. The van der Waals surface area contributed by atoms with Crippen molar-refractivity contribution in [1.29, 1.82) is 0 Å². The fraction of sp³-hybridized carbons (Fsp3) is 0.562. The van der Waals surface area contributed by atoms with Gasteiger partial charge >= 0.3 is 0 Å². The first-order valence-corrected chi connectivity index (χ1v) is 6.88.